The van der Waals surface area contributed by atoms with Crippen molar-refractivity contribution < 1.29 is 20.0 Å². The van der Waals surface area contributed by atoms with E-state index in [0.29, 0.717) is 6.42 Å². The van der Waals surface area contributed by atoms with Gasteiger partial charge in [-0.1, -0.05) is 30.3 Å². The largest absolute Gasteiger partial charge is 0.506 e. The Morgan fingerprint density at radius 3 is 2.48 bits per heavy atom. The summed E-state index contributed by atoms with van der Waals surface area (Å²) in [6, 6.07) is 13.3. The van der Waals surface area contributed by atoms with Gasteiger partial charge < -0.3 is 10.4 Å². The van der Waals surface area contributed by atoms with Gasteiger partial charge >= 0.3 is 5.69 Å². The number of carbonyl (C=O) groups excluding carboxylic acids is 1. The summed E-state index contributed by atoms with van der Waals surface area (Å²) in [5, 5.41) is 20.9. The van der Waals surface area contributed by atoms with Crippen LogP contribution in [0.3, 0.4) is 0 Å². The van der Waals surface area contributed by atoms with Crippen LogP contribution in [0, 0.1) is 4.91 Å². The van der Waals surface area contributed by atoms with Crippen molar-refractivity contribution in [2.24, 2.45) is 0 Å². The maximum absolute atomic E-state index is 11.8. The zero-order valence-corrected chi connectivity index (χ0v) is 11.2. The molecule has 21 heavy (non-hydrogen) atoms. The monoisotopic (exact) mass is 287 g/mol. The van der Waals surface area contributed by atoms with Crippen LogP contribution in [0.25, 0.3) is 0 Å². The molecule has 0 saturated carbocycles. The smallest absolute Gasteiger partial charge is 0.320 e. The van der Waals surface area contributed by atoms with Gasteiger partial charge in [0.2, 0.25) is 5.91 Å². The molecule has 0 bridgehead atoms. The first-order valence-corrected chi connectivity index (χ1v) is 6.39. The van der Waals surface area contributed by atoms with Crippen molar-refractivity contribution in [2.45, 2.75) is 12.8 Å². The van der Waals surface area contributed by atoms with Crippen molar-refractivity contribution >= 4 is 17.3 Å². The molecule has 0 fully saturated rings. The summed E-state index contributed by atoms with van der Waals surface area (Å²) in [4.78, 5) is 22.1. The summed E-state index contributed by atoms with van der Waals surface area (Å²) in [6.07, 6.45) is 0.870. The van der Waals surface area contributed by atoms with Gasteiger partial charge in [0.15, 0.2) is 0 Å². The molecule has 108 valence electrons. The maximum Gasteiger partial charge on any atom is 0.320 e. The molecule has 2 rings (SSSR count). The quantitative estimate of drug-likeness (QED) is 0.582. The van der Waals surface area contributed by atoms with Gasteiger partial charge in [-0.05, 0) is 18.1 Å². The Kier molecular flexibility index (Phi) is 4.50. The number of nitrogens with one attached hydrogen (secondary N) is 1. The highest BCUT2D eigenvalue weighted by Gasteiger charge is 2.15. The minimum atomic E-state index is -0.360. The lowest BCUT2D eigenvalue weighted by atomic mass is 10.1. The topological polar surface area (TPSA) is 89.6 Å². The fraction of sp³-hybridized carbons (Fsp3) is 0.133. The zero-order chi connectivity index (χ0) is 15.2. The number of anilines is 1. The normalized spacial score (nSPS) is 10.1. The van der Waals surface area contributed by atoms with E-state index in [1.165, 1.54) is 12.1 Å². The van der Waals surface area contributed by atoms with E-state index < -0.39 is 0 Å². The molecule has 0 saturated heterocycles. The van der Waals surface area contributed by atoms with Gasteiger partial charge in [-0.2, -0.15) is 0 Å². The molecule has 0 radical (unpaired) electrons. The second-order valence-electron chi connectivity index (χ2n) is 4.51. The predicted octanol–water partition coefficient (Wildman–Crippen LogP) is 2.76. The number of amides is 1. The number of hydrogen-bond donors (Lipinski definition) is 3. The van der Waals surface area contributed by atoms with Gasteiger partial charge in [0.05, 0.1) is 16.7 Å². The second-order valence-corrected chi connectivity index (χ2v) is 4.51. The fourth-order valence-corrected chi connectivity index (χ4v) is 1.86. The number of carbonyl (C=O) groups is 1. The highest BCUT2D eigenvalue weighted by atomic mass is 16.6. The van der Waals surface area contributed by atoms with E-state index in [-0.39, 0.29) is 34.4 Å². The standard InChI is InChI=1S/C15H14N2O4/c18-14-10-12(17(20)21)7-8-13(14)16-15(19)9-6-11-4-2-1-3-5-11/h1-5,7-8,10H,6,9H2,(H2-,16,18,19,20,21)/p+1. The average molecular weight is 287 g/mol. The van der Waals surface area contributed by atoms with Gasteiger partial charge in [0.25, 0.3) is 4.92 Å². The number of phenolic OH excluding ortho intramolecular Hbond substituents is 1. The van der Waals surface area contributed by atoms with Crippen LogP contribution in [0.1, 0.15) is 12.0 Å². The number of aromatic hydroxyl groups is 1. The van der Waals surface area contributed by atoms with Crippen LogP contribution in [0.2, 0.25) is 0 Å². The SMILES string of the molecule is O=C(CCc1ccccc1)Nc1ccc([N+](=O)O)cc1O. The number of phenols is 1. The molecule has 0 aliphatic carbocycles. The van der Waals surface area contributed by atoms with Gasteiger partial charge in [-0.3, -0.25) is 4.79 Å². The van der Waals surface area contributed by atoms with Crippen molar-refractivity contribution in [3.05, 3.63) is 59.0 Å². The lowest BCUT2D eigenvalue weighted by Crippen LogP contribution is -2.12. The summed E-state index contributed by atoms with van der Waals surface area (Å²) < 4.78 is 0. The van der Waals surface area contributed by atoms with Crippen LogP contribution >= 0.6 is 0 Å². The van der Waals surface area contributed by atoms with Gasteiger partial charge in [0.1, 0.15) is 5.75 Å². The van der Waals surface area contributed by atoms with Crippen LogP contribution in [0.5, 0.6) is 5.75 Å². The minimum absolute atomic E-state index is 0.116. The maximum atomic E-state index is 11.8. The van der Waals surface area contributed by atoms with E-state index in [9.17, 15) is 14.8 Å². The molecular formula is C15H15N2O4+. The Labute approximate surface area is 121 Å². The molecule has 0 heterocycles. The average Bonchev–Trinajstić information content (AvgIpc) is 2.48. The molecule has 0 aromatic heterocycles. The summed E-state index contributed by atoms with van der Waals surface area (Å²) >= 11 is 0. The van der Waals surface area contributed by atoms with E-state index in [0.717, 1.165) is 11.6 Å². The molecule has 0 spiro atoms. The third-order valence-electron chi connectivity index (χ3n) is 2.96. The molecule has 6 nitrogen and oxygen atoms in total. The van der Waals surface area contributed by atoms with E-state index in [4.69, 9.17) is 5.21 Å². The van der Waals surface area contributed by atoms with Crippen molar-refractivity contribution in [2.75, 3.05) is 5.32 Å². The molecule has 1 amide bonds. The van der Waals surface area contributed by atoms with E-state index in [1.54, 1.807) is 0 Å². The lowest BCUT2D eigenvalue weighted by molar-refractivity contribution is -0.729. The van der Waals surface area contributed by atoms with Crippen LogP contribution < -0.4 is 5.32 Å². The van der Waals surface area contributed by atoms with E-state index in [1.807, 2.05) is 30.3 Å². The van der Waals surface area contributed by atoms with Crippen LogP contribution in [0.15, 0.2) is 48.5 Å². The minimum Gasteiger partial charge on any atom is -0.506 e. The first kappa shape index (κ1) is 14.5. The van der Waals surface area contributed by atoms with E-state index in [2.05, 4.69) is 5.32 Å². The van der Waals surface area contributed by atoms with Crippen LogP contribution in [-0.4, -0.2) is 21.1 Å². The Morgan fingerprint density at radius 2 is 1.86 bits per heavy atom. The first-order valence-electron chi connectivity index (χ1n) is 6.39. The van der Waals surface area contributed by atoms with Crippen molar-refractivity contribution in [1.82, 2.24) is 0 Å². The molecule has 3 N–H and O–H groups in total. The molecular weight excluding hydrogens is 272 g/mol. The summed E-state index contributed by atoms with van der Waals surface area (Å²) in [6.45, 7) is 0. The Morgan fingerprint density at radius 1 is 1.14 bits per heavy atom. The van der Waals surface area contributed by atoms with Gasteiger partial charge in [-0.25, -0.2) is 5.21 Å². The molecule has 0 aliphatic rings. The van der Waals surface area contributed by atoms with Gasteiger partial charge in [-0.15, -0.1) is 0 Å². The third kappa shape index (κ3) is 4.04. The number of rotatable bonds is 5. The number of benzene rings is 2. The highest BCUT2D eigenvalue weighted by Crippen LogP contribution is 2.27. The molecule has 2 aromatic rings. The molecule has 6 heteroatoms. The molecule has 0 atom stereocenters. The Bertz CT molecular complexity index is 656. The lowest BCUT2D eigenvalue weighted by Gasteiger charge is -2.06. The Balaban J connectivity index is 1.95. The zero-order valence-electron chi connectivity index (χ0n) is 11.2. The summed E-state index contributed by atoms with van der Waals surface area (Å²) in [5.41, 5.74) is 1.13. The van der Waals surface area contributed by atoms with E-state index >= 15 is 0 Å². The summed E-state index contributed by atoms with van der Waals surface area (Å²) in [7, 11) is 0. The summed E-state index contributed by atoms with van der Waals surface area (Å²) in [5.74, 6) is -0.527. The predicted molar refractivity (Wildman–Crippen MR) is 76.6 cm³/mol. The fourth-order valence-electron chi connectivity index (χ4n) is 1.86. The third-order valence-corrected chi connectivity index (χ3v) is 2.96. The first-order chi connectivity index (χ1) is 10.1. The van der Waals surface area contributed by atoms with Crippen LogP contribution in [0.4, 0.5) is 11.4 Å². The number of nitrogens with zero attached hydrogens (tertiary/aromatic N) is 1. The molecule has 0 aliphatic heterocycles. The molecule has 2 aromatic carbocycles. The highest BCUT2D eigenvalue weighted by molar-refractivity contribution is 5.92. The van der Waals surface area contributed by atoms with Crippen LogP contribution in [-0.2, 0) is 11.2 Å². The number of hydrogen-bond acceptors (Lipinski definition) is 3. The van der Waals surface area contributed by atoms with Crippen molar-refractivity contribution in [1.29, 1.82) is 0 Å². The van der Waals surface area contributed by atoms with Crippen molar-refractivity contribution in [3.8, 4) is 5.75 Å². The van der Waals surface area contributed by atoms with Gasteiger partial charge in [0, 0.05) is 12.5 Å². The number of aryl methyl sites for hydroxylation is 1. The van der Waals surface area contributed by atoms with Crippen molar-refractivity contribution in [3.63, 3.8) is 0 Å². The molecule has 0 unspecified atom stereocenters. The second kappa shape index (κ2) is 6.51. The Hall–Kier alpha value is -2.89.